The predicted molar refractivity (Wildman–Crippen MR) is 132 cm³/mol. The van der Waals surface area contributed by atoms with Gasteiger partial charge in [-0.15, -0.1) is 0 Å². The van der Waals surface area contributed by atoms with Crippen LogP contribution in [0.15, 0.2) is 42.5 Å². The monoisotopic (exact) mass is 423 g/mol. The summed E-state index contributed by atoms with van der Waals surface area (Å²) in [6.07, 6.45) is 13.9. The highest BCUT2D eigenvalue weighted by molar-refractivity contribution is 5.76. The number of carbonyl (C=O) groups excluding carboxylic acids is 1. The van der Waals surface area contributed by atoms with Crippen LogP contribution in [0.2, 0.25) is 0 Å². The molecule has 0 aromatic heterocycles. The van der Waals surface area contributed by atoms with Crippen molar-refractivity contribution >= 4 is 11.6 Å². The van der Waals surface area contributed by atoms with Gasteiger partial charge in [-0.2, -0.15) is 0 Å². The van der Waals surface area contributed by atoms with Crippen LogP contribution in [0.25, 0.3) is 0 Å². The molecule has 2 aliphatic rings. The predicted octanol–water partition coefficient (Wildman–Crippen LogP) is 4.92. The van der Waals surface area contributed by atoms with Gasteiger partial charge in [-0.3, -0.25) is 4.79 Å². The first-order valence-electron chi connectivity index (χ1n) is 11.9. The SMILES string of the molecule is CN(C)CCC(=O)NCCC[C@@H]1Cc2cc(C(C)(C)C)ccc2N[C@H]1C1C=CC=CC1. The van der Waals surface area contributed by atoms with E-state index in [0.29, 0.717) is 24.3 Å². The lowest BCUT2D eigenvalue weighted by Crippen LogP contribution is -2.41. The molecule has 1 unspecified atom stereocenters. The average molecular weight is 424 g/mol. The van der Waals surface area contributed by atoms with Gasteiger partial charge in [0.2, 0.25) is 5.91 Å². The molecule has 1 heterocycles. The Hall–Kier alpha value is -2.07. The number of nitrogens with one attached hydrogen (secondary N) is 2. The van der Waals surface area contributed by atoms with Gasteiger partial charge in [-0.05, 0) is 68.3 Å². The fourth-order valence-electron chi connectivity index (χ4n) is 4.69. The summed E-state index contributed by atoms with van der Waals surface area (Å²) in [5.41, 5.74) is 4.31. The second-order valence-corrected chi connectivity index (χ2v) is 10.5. The van der Waals surface area contributed by atoms with E-state index in [4.69, 9.17) is 0 Å². The van der Waals surface area contributed by atoms with Crippen LogP contribution in [0.4, 0.5) is 5.69 Å². The molecule has 3 atom stereocenters. The summed E-state index contributed by atoms with van der Waals surface area (Å²) in [6, 6.07) is 7.42. The van der Waals surface area contributed by atoms with E-state index in [1.165, 1.54) is 16.8 Å². The molecule has 1 amide bonds. The molecule has 0 radical (unpaired) electrons. The highest BCUT2D eigenvalue weighted by atomic mass is 16.1. The number of hydrogen-bond donors (Lipinski definition) is 2. The molecule has 0 saturated heterocycles. The van der Waals surface area contributed by atoms with Gasteiger partial charge < -0.3 is 15.5 Å². The number of allylic oxidation sites excluding steroid dienone is 3. The molecule has 2 N–H and O–H groups in total. The molecule has 170 valence electrons. The van der Waals surface area contributed by atoms with Gasteiger partial charge >= 0.3 is 0 Å². The molecule has 0 saturated carbocycles. The second-order valence-electron chi connectivity index (χ2n) is 10.5. The molecule has 3 rings (SSSR count). The normalized spacial score (nSPS) is 22.8. The maximum atomic E-state index is 12.0. The lowest BCUT2D eigenvalue weighted by atomic mass is 9.75. The van der Waals surface area contributed by atoms with E-state index in [9.17, 15) is 4.79 Å². The second kappa shape index (κ2) is 10.5. The molecule has 31 heavy (non-hydrogen) atoms. The first-order valence-corrected chi connectivity index (χ1v) is 11.9. The smallest absolute Gasteiger partial charge is 0.221 e. The van der Waals surface area contributed by atoms with Gasteiger partial charge in [-0.25, -0.2) is 0 Å². The summed E-state index contributed by atoms with van der Waals surface area (Å²) >= 11 is 0. The first-order chi connectivity index (χ1) is 14.7. The van der Waals surface area contributed by atoms with Crippen molar-refractivity contribution in [3.63, 3.8) is 0 Å². The number of carbonyl (C=O) groups is 1. The van der Waals surface area contributed by atoms with Crippen molar-refractivity contribution in [2.75, 3.05) is 32.5 Å². The van der Waals surface area contributed by atoms with E-state index in [2.05, 4.69) is 73.9 Å². The summed E-state index contributed by atoms with van der Waals surface area (Å²) in [7, 11) is 4.00. The van der Waals surface area contributed by atoms with Gasteiger partial charge in [0, 0.05) is 37.2 Å². The van der Waals surface area contributed by atoms with Gasteiger partial charge in [0.1, 0.15) is 0 Å². The first kappa shape index (κ1) is 23.6. The fourth-order valence-corrected chi connectivity index (χ4v) is 4.69. The summed E-state index contributed by atoms with van der Waals surface area (Å²) in [6.45, 7) is 8.41. The topological polar surface area (TPSA) is 44.4 Å². The molecule has 4 heteroatoms. The maximum absolute atomic E-state index is 12.0. The van der Waals surface area contributed by atoms with E-state index in [-0.39, 0.29) is 11.3 Å². The summed E-state index contributed by atoms with van der Waals surface area (Å²) in [5.74, 6) is 1.26. The van der Waals surface area contributed by atoms with Gasteiger partial charge in [0.25, 0.3) is 0 Å². The van der Waals surface area contributed by atoms with E-state index < -0.39 is 0 Å². The number of nitrogens with zero attached hydrogens (tertiary/aromatic N) is 1. The number of benzene rings is 1. The molecule has 1 aromatic carbocycles. The van der Waals surface area contributed by atoms with Crippen molar-refractivity contribution in [2.45, 2.75) is 64.3 Å². The quantitative estimate of drug-likeness (QED) is 0.584. The number of rotatable bonds is 8. The van der Waals surface area contributed by atoms with Crippen molar-refractivity contribution in [1.29, 1.82) is 0 Å². The highest BCUT2D eigenvalue weighted by Crippen LogP contribution is 2.38. The summed E-state index contributed by atoms with van der Waals surface area (Å²) in [4.78, 5) is 14.1. The molecule has 4 nitrogen and oxygen atoms in total. The van der Waals surface area contributed by atoms with Crippen molar-refractivity contribution in [3.8, 4) is 0 Å². The third kappa shape index (κ3) is 6.70. The minimum absolute atomic E-state index is 0.160. The standard InChI is InChI=1S/C27H41N3O/c1-27(2,3)23-13-14-24-22(19-23)18-21(26(29-24)20-10-7-6-8-11-20)12-9-16-28-25(31)15-17-30(4)5/h6-8,10,13-14,19-21,26,29H,9,11-12,15-18H2,1-5H3,(H,28,31)/t20?,21-,26+/m1/s1. The zero-order valence-electron chi connectivity index (χ0n) is 20.1. The Morgan fingerprint density at radius 1 is 1.23 bits per heavy atom. The maximum Gasteiger partial charge on any atom is 0.221 e. The van der Waals surface area contributed by atoms with Gasteiger partial charge in [-0.1, -0.05) is 57.2 Å². The van der Waals surface area contributed by atoms with Crippen molar-refractivity contribution in [2.24, 2.45) is 11.8 Å². The van der Waals surface area contributed by atoms with Crippen LogP contribution < -0.4 is 10.6 Å². The minimum Gasteiger partial charge on any atom is -0.381 e. The van der Waals surface area contributed by atoms with E-state index in [0.717, 1.165) is 38.8 Å². The molecule has 0 bridgehead atoms. The molecule has 1 aliphatic carbocycles. The van der Waals surface area contributed by atoms with Crippen molar-refractivity contribution < 1.29 is 4.79 Å². The Morgan fingerprint density at radius 3 is 2.71 bits per heavy atom. The van der Waals surface area contributed by atoms with Gasteiger partial charge in [0.15, 0.2) is 0 Å². The lowest BCUT2D eigenvalue weighted by molar-refractivity contribution is -0.121. The van der Waals surface area contributed by atoms with Crippen molar-refractivity contribution in [3.05, 3.63) is 53.6 Å². The Bertz CT molecular complexity index is 803. The zero-order chi connectivity index (χ0) is 22.4. The summed E-state index contributed by atoms with van der Waals surface area (Å²) in [5, 5.41) is 7.01. The van der Waals surface area contributed by atoms with Crippen LogP contribution in [0.1, 0.15) is 57.6 Å². The van der Waals surface area contributed by atoms with Crippen LogP contribution in [0.3, 0.4) is 0 Å². The Kier molecular flexibility index (Phi) is 7.99. The largest absolute Gasteiger partial charge is 0.381 e. The van der Waals surface area contributed by atoms with Crippen LogP contribution in [-0.2, 0) is 16.6 Å². The summed E-state index contributed by atoms with van der Waals surface area (Å²) < 4.78 is 0. The molecule has 0 fully saturated rings. The minimum atomic E-state index is 0.160. The third-order valence-electron chi connectivity index (χ3n) is 6.62. The molecule has 1 aliphatic heterocycles. The van der Waals surface area contributed by atoms with Crippen LogP contribution in [0.5, 0.6) is 0 Å². The number of hydrogen-bond acceptors (Lipinski definition) is 3. The molecular weight excluding hydrogens is 382 g/mol. The number of amides is 1. The number of fused-ring (bicyclic) bond motifs is 1. The highest BCUT2D eigenvalue weighted by Gasteiger charge is 2.33. The van der Waals surface area contributed by atoms with Crippen LogP contribution >= 0.6 is 0 Å². The van der Waals surface area contributed by atoms with Crippen molar-refractivity contribution in [1.82, 2.24) is 10.2 Å². The van der Waals surface area contributed by atoms with E-state index >= 15 is 0 Å². The van der Waals surface area contributed by atoms with Crippen LogP contribution in [-0.4, -0.2) is 44.0 Å². The molecule has 0 spiro atoms. The molecular formula is C27H41N3O. The lowest BCUT2D eigenvalue weighted by Gasteiger charge is -2.39. The van der Waals surface area contributed by atoms with E-state index in [1.807, 2.05) is 19.0 Å². The average Bonchev–Trinajstić information content (AvgIpc) is 2.74. The third-order valence-corrected chi connectivity index (χ3v) is 6.62. The zero-order valence-corrected chi connectivity index (χ0v) is 20.1. The van der Waals surface area contributed by atoms with E-state index in [1.54, 1.807) is 0 Å². The molecule has 1 aromatic rings. The van der Waals surface area contributed by atoms with Crippen LogP contribution in [0, 0.1) is 11.8 Å². The Morgan fingerprint density at radius 2 is 2.03 bits per heavy atom. The van der Waals surface area contributed by atoms with Gasteiger partial charge in [0.05, 0.1) is 0 Å². The Balaban J connectivity index is 1.65. The fraction of sp³-hybridized carbons (Fsp3) is 0.593. The number of anilines is 1. The Labute approximate surface area is 189 Å².